The lowest BCUT2D eigenvalue weighted by molar-refractivity contribution is 0.549. The number of nitrogens with one attached hydrogen (secondary N) is 1. The molecule has 2 rings (SSSR count). The molecule has 0 aromatic heterocycles. The Kier molecular flexibility index (Phi) is 2.70. The van der Waals surface area contributed by atoms with Gasteiger partial charge in [0.1, 0.15) is 0 Å². The van der Waals surface area contributed by atoms with E-state index in [1.807, 2.05) is 0 Å². The SMILES string of the molecule is CNC1(Cc2cccc(N(C)C)c2)CC1. The zero-order valence-electron chi connectivity index (χ0n) is 9.88. The van der Waals surface area contributed by atoms with E-state index in [1.165, 1.54) is 24.1 Å². The van der Waals surface area contributed by atoms with E-state index in [2.05, 4.69) is 55.6 Å². The van der Waals surface area contributed by atoms with E-state index >= 15 is 0 Å². The maximum Gasteiger partial charge on any atom is 0.0363 e. The number of hydrogen-bond donors (Lipinski definition) is 1. The second-order valence-corrected chi connectivity index (χ2v) is 4.77. The van der Waals surface area contributed by atoms with E-state index < -0.39 is 0 Å². The molecule has 2 nitrogen and oxygen atoms in total. The van der Waals surface area contributed by atoms with Gasteiger partial charge in [-0.05, 0) is 44.0 Å². The van der Waals surface area contributed by atoms with Gasteiger partial charge in [-0.2, -0.15) is 0 Å². The molecule has 82 valence electrons. The van der Waals surface area contributed by atoms with E-state index in [9.17, 15) is 0 Å². The Balaban J connectivity index is 2.11. The van der Waals surface area contributed by atoms with E-state index in [-0.39, 0.29) is 0 Å². The van der Waals surface area contributed by atoms with Gasteiger partial charge in [-0.25, -0.2) is 0 Å². The Bertz CT molecular complexity index is 340. The molecular formula is C13H20N2. The van der Waals surface area contributed by atoms with Gasteiger partial charge in [-0.1, -0.05) is 12.1 Å². The van der Waals surface area contributed by atoms with Crippen molar-refractivity contribution in [1.82, 2.24) is 5.32 Å². The lowest BCUT2D eigenvalue weighted by Gasteiger charge is -2.17. The van der Waals surface area contributed by atoms with Crippen LogP contribution in [0, 0.1) is 0 Å². The number of rotatable bonds is 4. The molecule has 1 fully saturated rings. The van der Waals surface area contributed by atoms with Crippen molar-refractivity contribution in [2.24, 2.45) is 0 Å². The largest absolute Gasteiger partial charge is 0.378 e. The summed E-state index contributed by atoms with van der Waals surface area (Å²) in [6.07, 6.45) is 3.79. The Morgan fingerprint density at radius 1 is 1.33 bits per heavy atom. The van der Waals surface area contributed by atoms with Crippen LogP contribution in [-0.2, 0) is 6.42 Å². The fourth-order valence-corrected chi connectivity index (χ4v) is 2.00. The molecule has 1 N–H and O–H groups in total. The van der Waals surface area contributed by atoms with E-state index in [4.69, 9.17) is 0 Å². The van der Waals surface area contributed by atoms with Gasteiger partial charge in [0.15, 0.2) is 0 Å². The molecule has 0 amide bonds. The summed E-state index contributed by atoms with van der Waals surface area (Å²) in [6, 6.07) is 8.82. The van der Waals surface area contributed by atoms with Crippen molar-refractivity contribution in [2.45, 2.75) is 24.8 Å². The molecule has 0 aliphatic heterocycles. The zero-order valence-corrected chi connectivity index (χ0v) is 9.88. The van der Waals surface area contributed by atoms with Gasteiger partial charge < -0.3 is 10.2 Å². The van der Waals surface area contributed by atoms with Gasteiger partial charge in [0.25, 0.3) is 0 Å². The molecule has 0 atom stereocenters. The maximum absolute atomic E-state index is 3.44. The Morgan fingerprint density at radius 2 is 2.07 bits per heavy atom. The van der Waals surface area contributed by atoms with Crippen LogP contribution in [-0.4, -0.2) is 26.7 Å². The first kappa shape index (κ1) is 10.5. The highest BCUT2D eigenvalue weighted by molar-refractivity contribution is 5.47. The van der Waals surface area contributed by atoms with Crippen LogP contribution in [0.5, 0.6) is 0 Å². The minimum absolute atomic E-state index is 0.408. The smallest absolute Gasteiger partial charge is 0.0363 e. The number of anilines is 1. The highest BCUT2D eigenvalue weighted by Crippen LogP contribution is 2.38. The number of benzene rings is 1. The number of nitrogens with zero attached hydrogens (tertiary/aromatic N) is 1. The summed E-state index contributed by atoms with van der Waals surface area (Å²) in [6.45, 7) is 0. The highest BCUT2D eigenvalue weighted by atomic mass is 15.1. The predicted molar refractivity (Wildman–Crippen MR) is 65.5 cm³/mol. The van der Waals surface area contributed by atoms with Gasteiger partial charge in [0, 0.05) is 25.3 Å². The first-order valence-corrected chi connectivity index (χ1v) is 5.60. The topological polar surface area (TPSA) is 15.3 Å². The van der Waals surface area contributed by atoms with Crippen molar-refractivity contribution in [3.63, 3.8) is 0 Å². The molecule has 1 saturated carbocycles. The van der Waals surface area contributed by atoms with Crippen molar-refractivity contribution in [3.05, 3.63) is 29.8 Å². The molecule has 0 bridgehead atoms. The third-order valence-corrected chi connectivity index (χ3v) is 3.35. The van der Waals surface area contributed by atoms with Crippen LogP contribution in [0.15, 0.2) is 24.3 Å². The minimum Gasteiger partial charge on any atom is -0.378 e. The van der Waals surface area contributed by atoms with E-state index in [1.54, 1.807) is 0 Å². The van der Waals surface area contributed by atoms with Crippen LogP contribution in [0.1, 0.15) is 18.4 Å². The van der Waals surface area contributed by atoms with E-state index in [0.29, 0.717) is 5.54 Å². The molecule has 0 unspecified atom stereocenters. The summed E-state index contributed by atoms with van der Waals surface area (Å²) in [4.78, 5) is 2.16. The van der Waals surface area contributed by atoms with Gasteiger partial charge in [0.05, 0.1) is 0 Å². The Labute approximate surface area is 92.3 Å². The third kappa shape index (κ3) is 2.32. The third-order valence-electron chi connectivity index (χ3n) is 3.35. The standard InChI is InChI=1S/C13H20N2/c1-14-13(7-8-13)10-11-5-4-6-12(9-11)15(2)3/h4-6,9,14H,7-8,10H2,1-3H3. The van der Waals surface area contributed by atoms with Crippen LogP contribution in [0.3, 0.4) is 0 Å². The second kappa shape index (κ2) is 3.86. The van der Waals surface area contributed by atoms with Crippen molar-refractivity contribution in [2.75, 3.05) is 26.0 Å². The molecule has 1 aliphatic carbocycles. The lowest BCUT2D eigenvalue weighted by atomic mass is 10.0. The monoisotopic (exact) mass is 204 g/mol. The average Bonchev–Trinajstić information content (AvgIpc) is 2.99. The summed E-state index contributed by atoms with van der Waals surface area (Å²) in [5.41, 5.74) is 3.14. The number of likely N-dealkylation sites (N-methyl/N-ethyl adjacent to an activating group) is 1. The van der Waals surface area contributed by atoms with Crippen LogP contribution in [0.2, 0.25) is 0 Å². The van der Waals surface area contributed by atoms with Gasteiger partial charge in [0.2, 0.25) is 0 Å². The number of hydrogen-bond acceptors (Lipinski definition) is 2. The summed E-state index contributed by atoms with van der Waals surface area (Å²) in [5.74, 6) is 0. The maximum atomic E-state index is 3.44. The van der Waals surface area contributed by atoms with Gasteiger partial charge >= 0.3 is 0 Å². The molecule has 0 saturated heterocycles. The van der Waals surface area contributed by atoms with Crippen molar-refractivity contribution in [1.29, 1.82) is 0 Å². The predicted octanol–water partition coefficient (Wildman–Crippen LogP) is 2.05. The summed E-state index contributed by atoms with van der Waals surface area (Å²) in [7, 11) is 6.25. The molecule has 1 aromatic carbocycles. The Hall–Kier alpha value is -1.02. The van der Waals surface area contributed by atoms with Crippen LogP contribution < -0.4 is 10.2 Å². The molecular weight excluding hydrogens is 184 g/mol. The quantitative estimate of drug-likeness (QED) is 0.807. The molecule has 15 heavy (non-hydrogen) atoms. The molecule has 0 radical (unpaired) electrons. The van der Waals surface area contributed by atoms with Gasteiger partial charge in [-0.3, -0.25) is 0 Å². The Morgan fingerprint density at radius 3 is 2.60 bits per heavy atom. The molecule has 2 heteroatoms. The molecule has 1 aromatic rings. The summed E-state index contributed by atoms with van der Waals surface area (Å²) >= 11 is 0. The first-order chi connectivity index (χ1) is 7.15. The molecule has 0 heterocycles. The first-order valence-electron chi connectivity index (χ1n) is 5.60. The van der Waals surface area contributed by atoms with Crippen LogP contribution >= 0.6 is 0 Å². The fraction of sp³-hybridized carbons (Fsp3) is 0.538. The normalized spacial score (nSPS) is 17.5. The average molecular weight is 204 g/mol. The summed E-state index contributed by atoms with van der Waals surface area (Å²) in [5, 5.41) is 3.44. The van der Waals surface area contributed by atoms with Crippen molar-refractivity contribution in [3.8, 4) is 0 Å². The minimum atomic E-state index is 0.408. The summed E-state index contributed by atoms with van der Waals surface area (Å²) < 4.78 is 0. The zero-order chi connectivity index (χ0) is 10.9. The fourth-order valence-electron chi connectivity index (χ4n) is 2.00. The highest BCUT2D eigenvalue weighted by Gasteiger charge is 2.40. The van der Waals surface area contributed by atoms with Gasteiger partial charge in [-0.15, -0.1) is 0 Å². The molecule has 1 aliphatic rings. The van der Waals surface area contributed by atoms with Crippen LogP contribution in [0.4, 0.5) is 5.69 Å². The van der Waals surface area contributed by atoms with Crippen molar-refractivity contribution >= 4 is 5.69 Å². The second-order valence-electron chi connectivity index (χ2n) is 4.77. The van der Waals surface area contributed by atoms with Crippen molar-refractivity contribution < 1.29 is 0 Å². The van der Waals surface area contributed by atoms with Crippen LogP contribution in [0.25, 0.3) is 0 Å². The lowest BCUT2D eigenvalue weighted by Crippen LogP contribution is -2.29. The molecule has 0 spiro atoms. The van der Waals surface area contributed by atoms with E-state index in [0.717, 1.165) is 6.42 Å².